The first-order chi connectivity index (χ1) is 12.9. The van der Waals surface area contributed by atoms with Crippen LogP contribution >= 0.6 is 31.9 Å². The van der Waals surface area contributed by atoms with Crippen LogP contribution in [-0.2, 0) is 9.59 Å². The van der Waals surface area contributed by atoms with Crippen molar-refractivity contribution >= 4 is 54.2 Å². The first kappa shape index (κ1) is 18.4. The van der Waals surface area contributed by atoms with Gasteiger partial charge in [-0.15, -0.1) is 0 Å². The lowest BCUT2D eigenvalue weighted by molar-refractivity contribution is -0.127. The molecule has 0 saturated carbocycles. The van der Waals surface area contributed by atoms with Gasteiger partial charge in [0.05, 0.1) is 10.4 Å². The molecule has 2 aromatic rings. The predicted octanol–water partition coefficient (Wildman–Crippen LogP) is 5.33. The molecule has 136 valence electrons. The van der Waals surface area contributed by atoms with Crippen molar-refractivity contribution in [3.05, 3.63) is 76.8 Å². The van der Waals surface area contributed by atoms with E-state index in [9.17, 15) is 14.7 Å². The van der Waals surface area contributed by atoms with E-state index in [0.29, 0.717) is 16.5 Å². The summed E-state index contributed by atoms with van der Waals surface area (Å²) in [5, 5.41) is 12.6. The van der Waals surface area contributed by atoms with Crippen LogP contribution in [0.4, 0.5) is 0 Å². The normalized spacial score (nSPS) is 27.8. The standard InChI is InChI=1S/C22H16Br2O3/c1-2-12-7-9-15-21(27)16(23)11-18(26)22(15,24)20(12)19-14-6-4-3-5-13(14)8-10-17(19)25/h2-8,10-11,15,20,25H,1,9H2/t15-,20+,22+/m0/s1. The molecule has 4 rings (SSSR count). The Kier molecular flexibility index (Phi) is 4.47. The maximum Gasteiger partial charge on any atom is 0.175 e. The molecule has 0 aromatic heterocycles. The molecular formula is C22H16Br2O3. The molecule has 0 amide bonds. The number of rotatable bonds is 2. The van der Waals surface area contributed by atoms with Crippen LogP contribution in [0.15, 0.2) is 71.3 Å². The van der Waals surface area contributed by atoms with Crippen LogP contribution in [0.2, 0.25) is 0 Å². The predicted molar refractivity (Wildman–Crippen MR) is 113 cm³/mol. The number of carbonyl (C=O) groups excluding carboxylic acids is 2. The Balaban J connectivity index is 2.06. The van der Waals surface area contributed by atoms with Crippen LogP contribution in [0.1, 0.15) is 17.9 Å². The van der Waals surface area contributed by atoms with Crippen LogP contribution in [0.5, 0.6) is 5.75 Å². The fourth-order valence-corrected chi connectivity index (χ4v) is 5.71. The number of carbonyl (C=O) groups is 2. The maximum atomic E-state index is 13.2. The van der Waals surface area contributed by atoms with Crippen molar-refractivity contribution in [3.8, 4) is 5.75 Å². The third-order valence-corrected chi connectivity index (χ3v) is 7.53. The smallest absolute Gasteiger partial charge is 0.175 e. The molecule has 2 aliphatic rings. The van der Waals surface area contributed by atoms with Gasteiger partial charge in [-0.3, -0.25) is 9.59 Å². The minimum Gasteiger partial charge on any atom is -0.508 e. The number of allylic oxidation sites excluding steroid dienone is 5. The summed E-state index contributed by atoms with van der Waals surface area (Å²) in [4.78, 5) is 26.0. The Hall–Kier alpha value is -1.98. The minimum absolute atomic E-state index is 0.0970. The summed E-state index contributed by atoms with van der Waals surface area (Å²) in [5.74, 6) is -1.30. The lowest BCUT2D eigenvalue weighted by Crippen LogP contribution is -2.52. The SMILES string of the molecule is C=CC1=CC[C@H]2C(=O)C(Br)=CC(=O)[C@@]2(Br)[C@H]1c1c(O)ccc2ccccc12. The van der Waals surface area contributed by atoms with E-state index in [4.69, 9.17) is 0 Å². The largest absolute Gasteiger partial charge is 0.508 e. The zero-order chi connectivity index (χ0) is 19.3. The molecule has 0 radical (unpaired) electrons. The molecular weight excluding hydrogens is 472 g/mol. The molecule has 2 aliphatic carbocycles. The first-order valence-corrected chi connectivity index (χ1v) is 10.2. The third-order valence-electron chi connectivity index (χ3n) is 5.51. The molecule has 2 aromatic carbocycles. The van der Waals surface area contributed by atoms with E-state index in [1.165, 1.54) is 6.08 Å². The van der Waals surface area contributed by atoms with E-state index in [2.05, 4.69) is 38.4 Å². The van der Waals surface area contributed by atoms with Crippen molar-refractivity contribution in [2.24, 2.45) is 5.92 Å². The second-order valence-corrected chi connectivity index (χ2v) is 9.00. The fraction of sp³-hybridized carbons (Fsp3) is 0.182. The molecule has 0 heterocycles. The maximum absolute atomic E-state index is 13.2. The van der Waals surface area contributed by atoms with Crippen molar-refractivity contribution in [2.75, 3.05) is 0 Å². The van der Waals surface area contributed by atoms with Crippen molar-refractivity contribution in [3.63, 3.8) is 0 Å². The van der Waals surface area contributed by atoms with E-state index in [1.807, 2.05) is 36.4 Å². The van der Waals surface area contributed by atoms with Crippen molar-refractivity contribution < 1.29 is 14.7 Å². The first-order valence-electron chi connectivity index (χ1n) is 8.57. The third kappa shape index (κ3) is 2.59. The highest BCUT2D eigenvalue weighted by molar-refractivity contribution is 9.12. The second kappa shape index (κ2) is 6.57. The van der Waals surface area contributed by atoms with Gasteiger partial charge in [0.2, 0.25) is 0 Å². The molecule has 3 nitrogen and oxygen atoms in total. The lowest BCUT2D eigenvalue weighted by atomic mass is 9.63. The molecule has 1 N–H and O–H groups in total. The van der Waals surface area contributed by atoms with Gasteiger partial charge in [-0.1, -0.05) is 65.0 Å². The molecule has 0 spiro atoms. The average molecular weight is 488 g/mol. The number of aromatic hydroxyl groups is 1. The van der Waals surface area contributed by atoms with Crippen LogP contribution in [0.3, 0.4) is 0 Å². The molecule has 27 heavy (non-hydrogen) atoms. The van der Waals surface area contributed by atoms with Gasteiger partial charge in [0.15, 0.2) is 11.6 Å². The number of alkyl halides is 1. The van der Waals surface area contributed by atoms with Crippen LogP contribution in [0, 0.1) is 5.92 Å². The Morgan fingerprint density at radius 2 is 1.93 bits per heavy atom. The number of Topliss-reactive ketones (excluding diaryl/α,β-unsaturated/α-hetero) is 1. The molecule has 0 unspecified atom stereocenters. The van der Waals surface area contributed by atoms with Gasteiger partial charge in [0, 0.05) is 17.6 Å². The van der Waals surface area contributed by atoms with Crippen LogP contribution in [-0.4, -0.2) is 21.0 Å². The highest BCUT2D eigenvalue weighted by atomic mass is 79.9. The summed E-state index contributed by atoms with van der Waals surface area (Å²) < 4.78 is -0.870. The number of phenols is 1. The van der Waals surface area contributed by atoms with Gasteiger partial charge in [-0.05, 0) is 44.8 Å². The Labute approximate surface area is 173 Å². The molecule has 0 saturated heterocycles. The zero-order valence-electron chi connectivity index (χ0n) is 14.3. The summed E-state index contributed by atoms with van der Waals surface area (Å²) >= 11 is 6.90. The minimum atomic E-state index is -1.17. The fourth-order valence-electron chi connectivity index (χ4n) is 4.23. The van der Waals surface area contributed by atoms with Gasteiger partial charge in [-0.2, -0.15) is 0 Å². The van der Waals surface area contributed by atoms with Crippen LogP contribution in [0.25, 0.3) is 10.8 Å². The van der Waals surface area contributed by atoms with E-state index < -0.39 is 16.2 Å². The van der Waals surface area contributed by atoms with E-state index in [1.54, 1.807) is 12.1 Å². The van der Waals surface area contributed by atoms with E-state index in [-0.39, 0.29) is 17.3 Å². The summed E-state index contributed by atoms with van der Waals surface area (Å²) in [7, 11) is 0. The topological polar surface area (TPSA) is 54.4 Å². The quantitative estimate of drug-likeness (QED) is 0.583. The number of benzene rings is 2. The molecule has 0 bridgehead atoms. The van der Waals surface area contributed by atoms with Gasteiger partial charge in [-0.25, -0.2) is 0 Å². The number of hydrogen-bond donors (Lipinski definition) is 1. The average Bonchev–Trinajstić information content (AvgIpc) is 2.66. The molecule has 0 fully saturated rings. The van der Waals surface area contributed by atoms with Crippen molar-refractivity contribution in [2.45, 2.75) is 16.7 Å². The summed E-state index contributed by atoms with van der Waals surface area (Å²) in [6.07, 6.45) is 5.42. The number of halogens is 2. The van der Waals surface area contributed by atoms with Gasteiger partial charge in [0.1, 0.15) is 10.1 Å². The molecule has 3 atom stereocenters. The summed E-state index contributed by atoms with van der Waals surface area (Å²) in [6.45, 7) is 3.91. The Bertz CT molecular complexity index is 1070. The number of ketones is 2. The van der Waals surface area contributed by atoms with Gasteiger partial charge in [0.25, 0.3) is 0 Å². The van der Waals surface area contributed by atoms with Crippen molar-refractivity contribution in [1.82, 2.24) is 0 Å². The van der Waals surface area contributed by atoms with Gasteiger partial charge >= 0.3 is 0 Å². The Morgan fingerprint density at radius 3 is 2.67 bits per heavy atom. The van der Waals surface area contributed by atoms with Crippen molar-refractivity contribution in [1.29, 1.82) is 0 Å². The highest BCUT2D eigenvalue weighted by Crippen LogP contribution is 2.56. The molecule has 5 heteroatoms. The summed E-state index contributed by atoms with van der Waals surface area (Å²) in [5.41, 5.74) is 1.45. The second-order valence-electron chi connectivity index (χ2n) is 6.84. The van der Waals surface area contributed by atoms with Crippen LogP contribution < -0.4 is 0 Å². The lowest BCUT2D eigenvalue weighted by Gasteiger charge is -2.45. The zero-order valence-corrected chi connectivity index (χ0v) is 17.5. The number of fused-ring (bicyclic) bond motifs is 2. The summed E-state index contributed by atoms with van der Waals surface area (Å²) in [6, 6.07) is 11.2. The monoisotopic (exact) mass is 486 g/mol. The van der Waals surface area contributed by atoms with E-state index >= 15 is 0 Å². The molecule has 0 aliphatic heterocycles. The van der Waals surface area contributed by atoms with E-state index in [0.717, 1.165) is 16.3 Å². The number of hydrogen-bond acceptors (Lipinski definition) is 3. The Morgan fingerprint density at radius 1 is 1.19 bits per heavy atom. The van der Waals surface area contributed by atoms with Gasteiger partial charge < -0.3 is 5.11 Å². The number of phenolic OH excluding ortho intramolecular Hbond substituents is 1. The highest BCUT2D eigenvalue weighted by Gasteiger charge is 2.57.